The van der Waals surface area contributed by atoms with Gasteiger partial charge in [-0.1, -0.05) is 0 Å². The largest absolute Gasteiger partial charge is 0.344 e. The fraction of sp³-hybridized carbons (Fsp3) is 0.611. The molecule has 2 aliphatic heterocycles. The van der Waals surface area contributed by atoms with Crippen LogP contribution in [0.25, 0.3) is 0 Å². The zero-order chi connectivity index (χ0) is 18.1. The van der Waals surface area contributed by atoms with Crippen molar-refractivity contribution in [3.05, 3.63) is 21.4 Å². The van der Waals surface area contributed by atoms with Crippen molar-refractivity contribution in [3.63, 3.8) is 0 Å². The molecule has 3 amide bonds. The highest BCUT2D eigenvalue weighted by Gasteiger charge is 2.32. The zero-order valence-corrected chi connectivity index (χ0v) is 15.9. The Morgan fingerprint density at radius 3 is 2.64 bits per heavy atom. The van der Waals surface area contributed by atoms with Gasteiger partial charge in [-0.25, -0.2) is 0 Å². The number of nitrogens with zero attached hydrogens (tertiary/aromatic N) is 3. The van der Waals surface area contributed by atoms with E-state index in [1.165, 1.54) is 4.88 Å². The molecule has 0 spiro atoms. The van der Waals surface area contributed by atoms with Crippen molar-refractivity contribution >= 4 is 29.1 Å². The summed E-state index contributed by atoms with van der Waals surface area (Å²) in [6.07, 6.45) is 2.53. The van der Waals surface area contributed by atoms with Gasteiger partial charge in [0.2, 0.25) is 11.8 Å². The Kier molecular flexibility index (Phi) is 5.13. The third-order valence-corrected chi connectivity index (χ3v) is 6.24. The number of carbonyl (C=O) groups is 3. The number of carbonyl (C=O) groups excluding carboxylic acids is 3. The second kappa shape index (κ2) is 7.15. The van der Waals surface area contributed by atoms with Gasteiger partial charge in [0.15, 0.2) is 0 Å². The van der Waals surface area contributed by atoms with Crippen molar-refractivity contribution in [2.24, 2.45) is 5.92 Å². The number of likely N-dealkylation sites (tertiary alicyclic amines) is 1. The molecule has 0 unspecified atom stereocenters. The van der Waals surface area contributed by atoms with Crippen molar-refractivity contribution < 1.29 is 14.4 Å². The van der Waals surface area contributed by atoms with Gasteiger partial charge in [-0.05, 0) is 30.9 Å². The molecule has 25 heavy (non-hydrogen) atoms. The molecule has 0 radical (unpaired) electrons. The number of thiophene rings is 1. The quantitative estimate of drug-likeness (QED) is 0.802. The minimum Gasteiger partial charge on any atom is -0.344 e. The number of fused-ring (bicyclic) bond motifs is 1. The first-order valence-corrected chi connectivity index (χ1v) is 9.56. The van der Waals surface area contributed by atoms with Crippen molar-refractivity contribution in [3.8, 4) is 0 Å². The van der Waals surface area contributed by atoms with E-state index >= 15 is 0 Å². The number of rotatable bonds is 2. The maximum absolute atomic E-state index is 12.9. The van der Waals surface area contributed by atoms with Crippen LogP contribution in [0.5, 0.6) is 0 Å². The van der Waals surface area contributed by atoms with E-state index in [0.29, 0.717) is 19.6 Å². The number of piperidine rings is 1. The van der Waals surface area contributed by atoms with E-state index in [1.54, 1.807) is 42.2 Å². The van der Waals surface area contributed by atoms with E-state index in [1.807, 2.05) is 11.0 Å². The summed E-state index contributed by atoms with van der Waals surface area (Å²) in [5.41, 5.74) is 1.09. The van der Waals surface area contributed by atoms with Gasteiger partial charge >= 0.3 is 0 Å². The normalized spacial score (nSPS) is 20.2. The number of amides is 3. The van der Waals surface area contributed by atoms with Gasteiger partial charge in [0.1, 0.15) is 0 Å². The van der Waals surface area contributed by atoms with Gasteiger partial charge in [0, 0.05) is 52.1 Å². The summed E-state index contributed by atoms with van der Waals surface area (Å²) in [5.74, 6) is 0.105. The lowest BCUT2D eigenvalue weighted by Crippen LogP contribution is -2.47. The van der Waals surface area contributed by atoms with Crippen LogP contribution in [-0.2, 0) is 22.6 Å². The molecular formula is C18H25N3O3S. The molecule has 6 nitrogen and oxygen atoms in total. The third kappa shape index (κ3) is 3.71. The standard InChI is InChI=1S/C18H25N3O3S/c1-12(22)20-7-4-5-13(10-20)17(23)21-8-6-15-14(11-21)9-16(25-15)18(24)19(2)3/h9,13H,4-8,10-11H2,1-3H3/t13-/m1/s1. The predicted octanol–water partition coefficient (Wildman–Crippen LogP) is 1.59. The average molecular weight is 363 g/mol. The number of hydrogen-bond acceptors (Lipinski definition) is 4. The number of hydrogen-bond donors (Lipinski definition) is 0. The Balaban J connectivity index is 1.69. The molecule has 3 rings (SSSR count). The minimum absolute atomic E-state index is 0.0154. The van der Waals surface area contributed by atoms with Crippen LogP contribution in [0.4, 0.5) is 0 Å². The molecule has 0 bridgehead atoms. The zero-order valence-electron chi connectivity index (χ0n) is 15.1. The molecule has 0 aliphatic carbocycles. The summed E-state index contributed by atoms with van der Waals surface area (Å²) in [6.45, 7) is 4.12. The summed E-state index contributed by atoms with van der Waals surface area (Å²) >= 11 is 1.54. The monoisotopic (exact) mass is 363 g/mol. The van der Waals surface area contributed by atoms with E-state index in [0.717, 1.165) is 36.2 Å². The highest BCUT2D eigenvalue weighted by atomic mass is 32.1. The SMILES string of the molecule is CC(=O)N1CCC[C@@H](C(=O)N2CCc3sc(C(=O)N(C)C)cc3C2)C1. The molecule has 1 aromatic heterocycles. The maximum atomic E-state index is 12.9. The van der Waals surface area contributed by atoms with Gasteiger partial charge in [0.05, 0.1) is 10.8 Å². The second-order valence-corrected chi connectivity index (χ2v) is 8.21. The molecule has 1 saturated heterocycles. The van der Waals surface area contributed by atoms with Gasteiger partial charge in [-0.15, -0.1) is 11.3 Å². The minimum atomic E-state index is -0.0966. The summed E-state index contributed by atoms with van der Waals surface area (Å²) in [5, 5.41) is 0. The molecular weight excluding hydrogens is 338 g/mol. The summed E-state index contributed by atoms with van der Waals surface area (Å²) in [6, 6.07) is 1.94. The molecule has 3 heterocycles. The van der Waals surface area contributed by atoms with E-state index in [4.69, 9.17) is 0 Å². The van der Waals surface area contributed by atoms with Crippen LogP contribution in [0.15, 0.2) is 6.07 Å². The molecule has 136 valence electrons. The van der Waals surface area contributed by atoms with Gasteiger partial charge in [-0.3, -0.25) is 14.4 Å². The van der Waals surface area contributed by atoms with Crippen LogP contribution in [0.3, 0.4) is 0 Å². The first-order valence-electron chi connectivity index (χ1n) is 8.74. The molecule has 7 heteroatoms. The van der Waals surface area contributed by atoms with Crippen LogP contribution in [-0.4, -0.2) is 66.2 Å². The Morgan fingerprint density at radius 1 is 1.20 bits per heavy atom. The van der Waals surface area contributed by atoms with E-state index < -0.39 is 0 Å². The van der Waals surface area contributed by atoms with Crippen molar-refractivity contribution in [1.82, 2.24) is 14.7 Å². The first-order chi connectivity index (χ1) is 11.9. The fourth-order valence-corrected chi connectivity index (χ4v) is 4.75. The lowest BCUT2D eigenvalue weighted by molar-refractivity contribution is -0.140. The molecule has 2 aliphatic rings. The summed E-state index contributed by atoms with van der Waals surface area (Å²) < 4.78 is 0. The molecule has 0 N–H and O–H groups in total. The Hall–Kier alpha value is -1.89. The van der Waals surface area contributed by atoms with Crippen molar-refractivity contribution in [2.45, 2.75) is 32.7 Å². The lowest BCUT2D eigenvalue weighted by Gasteiger charge is -2.35. The molecule has 1 aromatic rings. The van der Waals surface area contributed by atoms with Crippen LogP contribution in [0.1, 0.15) is 39.9 Å². The van der Waals surface area contributed by atoms with Crippen LogP contribution >= 0.6 is 11.3 Å². The lowest BCUT2D eigenvalue weighted by atomic mass is 9.95. The second-order valence-electron chi connectivity index (χ2n) is 7.07. The van der Waals surface area contributed by atoms with Crippen molar-refractivity contribution in [1.29, 1.82) is 0 Å². The molecule has 0 aromatic carbocycles. The molecule has 1 fully saturated rings. The van der Waals surface area contributed by atoms with E-state index in [2.05, 4.69) is 0 Å². The topological polar surface area (TPSA) is 60.9 Å². The average Bonchev–Trinajstić information content (AvgIpc) is 3.03. The van der Waals surface area contributed by atoms with Crippen LogP contribution in [0.2, 0.25) is 0 Å². The van der Waals surface area contributed by atoms with Gasteiger partial charge in [-0.2, -0.15) is 0 Å². The van der Waals surface area contributed by atoms with E-state index in [-0.39, 0.29) is 23.6 Å². The van der Waals surface area contributed by atoms with Gasteiger partial charge < -0.3 is 14.7 Å². The molecule has 0 saturated carbocycles. The van der Waals surface area contributed by atoms with Gasteiger partial charge in [0.25, 0.3) is 5.91 Å². The smallest absolute Gasteiger partial charge is 0.263 e. The molecule has 1 atom stereocenters. The summed E-state index contributed by atoms with van der Waals surface area (Å²) in [7, 11) is 3.50. The van der Waals surface area contributed by atoms with Crippen molar-refractivity contribution in [2.75, 3.05) is 33.7 Å². The third-order valence-electron chi connectivity index (χ3n) is 5.01. The highest BCUT2D eigenvalue weighted by molar-refractivity contribution is 7.14. The maximum Gasteiger partial charge on any atom is 0.263 e. The Morgan fingerprint density at radius 2 is 1.96 bits per heavy atom. The van der Waals surface area contributed by atoms with E-state index in [9.17, 15) is 14.4 Å². The fourth-order valence-electron chi connectivity index (χ4n) is 3.57. The first kappa shape index (κ1) is 17.9. The van der Waals surface area contributed by atoms with Crippen LogP contribution < -0.4 is 0 Å². The Bertz CT molecular complexity index is 698. The summed E-state index contributed by atoms with van der Waals surface area (Å²) in [4.78, 5) is 43.8. The predicted molar refractivity (Wildman–Crippen MR) is 96.4 cm³/mol. The Labute approximate surface area is 152 Å². The highest BCUT2D eigenvalue weighted by Crippen LogP contribution is 2.30. The van der Waals surface area contributed by atoms with Crippen LogP contribution in [0, 0.1) is 5.92 Å².